The van der Waals surface area contributed by atoms with Crippen molar-refractivity contribution in [3.63, 3.8) is 0 Å². The van der Waals surface area contributed by atoms with E-state index in [-0.39, 0.29) is 5.75 Å². The zero-order valence-corrected chi connectivity index (χ0v) is 10.8. The summed E-state index contributed by atoms with van der Waals surface area (Å²) in [5, 5.41) is 9.93. The van der Waals surface area contributed by atoms with E-state index in [4.69, 9.17) is 9.47 Å². The van der Waals surface area contributed by atoms with Crippen molar-refractivity contribution in [2.24, 2.45) is 0 Å². The van der Waals surface area contributed by atoms with E-state index in [1.807, 2.05) is 26.1 Å². The van der Waals surface area contributed by atoms with Gasteiger partial charge in [-0.1, -0.05) is 12.1 Å². The van der Waals surface area contributed by atoms with Crippen molar-refractivity contribution in [3.8, 4) is 11.5 Å². The zero-order valence-electron chi connectivity index (χ0n) is 10.8. The minimum atomic E-state index is 0.221. The standard InChI is InChI=1S/C13H21NO3/c1-4-17-9-8-14(2)10-11-6-5-7-12(16-3)13(11)15/h5-7,15H,4,8-10H2,1-3H3. The lowest BCUT2D eigenvalue weighted by Crippen LogP contribution is -2.22. The van der Waals surface area contributed by atoms with Crippen LogP contribution in [-0.2, 0) is 11.3 Å². The second kappa shape index (κ2) is 7.14. The Hall–Kier alpha value is -1.26. The van der Waals surface area contributed by atoms with Gasteiger partial charge in [-0.2, -0.15) is 0 Å². The van der Waals surface area contributed by atoms with Crippen LogP contribution >= 0.6 is 0 Å². The molecular weight excluding hydrogens is 218 g/mol. The number of aromatic hydroxyl groups is 1. The Labute approximate surface area is 103 Å². The summed E-state index contributed by atoms with van der Waals surface area (Å²) in [4.78, 5) is 2.10. The fourth-order valence-corrected chi connectivity index (χ4v) is 1.59. The molecule has 0 unspecified atom stereocenters. The quantitative estimate of drug-likeness (QED) is 0.738. The maximum Gasteiger partial charge on any atom is 0.162 e. The molecule has 17 heavy (non-hydrogen) atoms. The van der Waals surface area contributed by atoms with Crippen LogP contribution in [0.2, 0.25) is 0 Å². The molecule has 1 aromatic carbocycles. The molecule has 0 amide bonds. The number of hydrogen-bond donors (Lipinski definition) is 1. The summed E-state index contributed by atoms with van der Waals surface area (Å²) in [6.45, 7) is 4.93. The topological polar surface area (TPSA) is 41.9 Å². The molecule has 0 atom stereocenters. The van der Waals surface area contributed by atoms with Crippen LogP contribution in [0.15, 0.2) is 18.2 Å². The Morgan fingerprint density at radius 2 is 2.12 bits per heavy atom. The largest absolute Gasteiger partial charge is 0.504 e. The molecule has 0 aliphatic carbocycles. The molecule has 0 saturated carbocycles. The van der Waals surface area contributed by atoms with Crippen LogP contribution in [0.4, 0.5) is 0 Å². The average molecular weight is 239 g/mol. The van der Waals surface area contributed by atoms with E-state index in [2.05, 4.69) is 4.90 Å². The van der Waals surface area contributed by atoms with Gasteiger partial charge in [0.15, 0.2) is 11.5 Å². The summed E-state index contributed by atoms with van der Waals surface area (Å²) in [6.07, 6.45) is 0. The van der Waals surface area contributed by atoms with Gasteiger partial charge in [0.05, 0.1) is 13.7 Å². The molecule has 0 saturated heterocycles. The maximum atomic E-state index is 9.93. The Kier molecular flexibility index (Phi) is 5.80. The normalized spacial score (nSPS) is 10.8. The van der Waals surface area contributed by atoms with Crippen LogP contribution in [-0.4, -0.2) is 43.9 Å². The van der Waals surface area contributed by atoms with E-state index < -0.39 is 0 Å². The minimum Gasteiger partial charge on any atom is -0.504 e. The van der Waals surface area contributed by atoms with Crippen molar-refractivity contribution in [2.75, 3.05) is 33.9 Å². The van der Waals surface area contributed by atoms with Gasteiger partial charge in [0, 0.05) is 25.3 Å². The van der Waals surface area contributed by atoms with Crippen molar-refractivity contribution >= 4 is 0 Å². The van der Waals surface area contributed by atoms with Crippen molar-refractivity contribution in [3.05, 3.63) is 23.8 Å². The second-order valence-corrected chi connectivity index (χ2v) is 3.90. The molecule has 1 aromatic rings. The Balaban J connectivity index is 2.55. The number of phenols is 1. The number of methoxy groups -OCH3 is 1. The maximum absolute atomic E-state index is 9.93. The highest BCUT2D eigenvalue weighted by Crippen LogP contribution is 2.29. The highest BCUT2D eigenvalue weighted by Gasteiger charge is 2.09. The number of phenolic OH excluding ortho intramolecular Hbond substituents is 1. The lowest BCUT2D eigenvalue weighted by atomic mass is 10.2. The third-order valence-corrected chi connectivity index (χ3v) is 2.56. The first-order valence-electron chi connectivity index (χ1n) is 5.80. The SMILES string of the molecule is CCOCCN(C)Cc1cccc(OC)c1O. The number of hydrogen-bond acceptors (Lipinski definition) is 4. The fourth-order valence-electron chi connectivity index (χ4n) is 1.59. The molecule has 1 rings (SSSR count). The molecule has 1 N–H and O–H groups in total. The van der Waals surface area contributed by atoms with E-state index in [1.165, 1.54) is 0 Å². The molecule has 0 bridgehead atoms. The molecular formula is C13H21NO3. The third kappa shape index (κ3) is 4.24. The van der Waals surface area contributed by atoms with Gasteiger partial charge in [0.2, 0.25) is 0 Å². The molecule has 4 heteroatoms. The van der Waals surface area contributed by atoms with Crippen molar-refractivity contribution < 1.29 is 14.6 Å². The summed E-state index contributed by atoms with van der Waals surface area (Å²) in [7, 11) is 3.55. The van der Waals surface area contributed by atoms with E-state index in [0.29, 0.717) is 18.9 Å². The van der Waals surface area contributed by atoms with Gasteiger partial charge in [0.25, 0.3) is 0 Å². The summed E-state index contributed by atoms with van der Waals surface area (Å²) in [5.74, 6) is 0.735. The number of likely N-dealkylation sites (N-methyl/N-ethyl adjacent to an activating group) is 1. The first-order valence-corrected chi connectivity index (χ1v) is 5.80. The number of nitrogens with zero attached hydrogens (tertiary/aromatic N) is 1. The Morgan fingerprint density at radius 3 is 2.76 bits per heavy atom. The molecule has 0 radical (unpaired) electrons. The van der Waals surface area contributed by atoms with Gasteiger partial charge in [-0.3, -0.25) is 4.90 Å². The summed E-state index contributed by atoms with van der Waals surface area (Å²) >= 11 is 0. The summed E-state index contributed by atoms with van der Waals surface area (Å²) < 4.78 is 10.4. The molecule has 0 spiro atoms. The van der Waals surface area contributed by atoms with Crippen LogP contribution in [0.25, 0.3) is 0 Å². The van der Waals surface area contributed by atoms with Gasteiger partial charge < -0.3 is 14.6 Å². The number of ether oxygens (including phenoxy) is 2. The fraction of sp³-hybridized carbons (Fsp3) is 0.538. The van der Waals surface area contributed by atoms with Crippen LogP contribution < -0.4 is 4.74 Å². The Morgan fingerprint density at radius 1 is 1.35 bits per heavy atom. The molecule has 0 heterocycles. The molecule has 0 aromatic heterocycles. The molecule has 96 valence electrons. The van der Waals surface area contributed by atoms with Gasteiger partial charge in [0.1, 0.15) is 0 Å². The zero-order chi connectivity index (χ0) is 12.7. The first-order chi connectivity index (χ1) is 8.19. The molecule has 0 aliphatic heterocycles. The van der Waals surface area contributed by atoms with Crippen molar-refractivity contribution in [1.82, 2.24) is 4.90 Å². The van der Waals surface area contributed by atoms with Gasteiger partial charge in [-0.05, 0) is 20.0 Å². The van der Waals surface area contributed by atoms with E-state index >= 15 is 0 Å². The lowest BCUT2D eigenvalue weighted by molar-refractivity contribution is 0.120. The van der Waals surface area contributed by atoms with Crippen molar-refractivity contribution in [2.45, 2.75) is 13.5 Å². The van der Waals surface area contributed by atoms with Crippen molar-refractivity contribution in [1.29, 1.82) is 0 Å². The van der Waals surface area contributed by atoms with Crippen LogP contribution in [0.1, 0.15) is 12.5 Å². The molecule has 0 fully saturated rings. The minimum absolute atomic E-state index is 0.221. The average Bonchev–Trinajstić information content (AvgIpc) is 2.32. The van der Waals surface area contributed by atoms with Gasteiger partial charge in [-0.15, -0.1) is 0 Å². The Bertz CT molecular complexity index is 341. The van der Waals surface area contributed by atoms with Crippen LogP contribution in [0.5, 0.6) is 11.5 Å². The summed E-state index contributed by atoms with van der Waals surface area (Å²) in [5.41, 5.74) is 0.864. The summed E-state index contributed by atoms with van der Waals surface area (Å²) in [6, 6.07) is 5.53. The highest BCUT2D eigenvalue weighted by molar-refractivity contribution is 5.45. The predicted molar refractivity (Wildman–Crippen MR) is 67.5 cm³/mol. The van der Waals surface area contributed by atoms with Gasteiger partial charge in [-0.25, -0.2) is 0 Å². The molecule has 4 nitrogen and oxygen atoms in total. The van der Waals surface area contributed by atoms with Gasteiger partial charge >= 0.3 is 0 Å². The predicted octanol–water partition coefficient (Wildman–Crippen LogP) is 1.87. The number of rotatable bonds is 7. The van der Waals surface area contributed by atoms with Crippen LogP contribution in [0.3, 0.4) is 0 Å². The van der Waals surface area contributed by atoms with E-state index in [1.54, 1.807) is 13.2 Å². The number of benzene rings is 1. The lowest BCUT2D eigenvalue weighted by Gasteiger charge is -2.17. The second-order valence-electron chi connectivity index (χ2n) is 3.90. The van der Waals surface area contributed by atoms with E-state index in [9.17, 15) is 5.11 Å². The monoisotopic (exact) mass is 239 g/mol. The van der Waals surface area contributed by atoms with E-state index in [0.717, 1.165) is 18.7 Å². The van der Waals surface area contributed by atoms with Crippen LogP contribution in [0, 0.1) is 0 Å². The third-order valence-electron chi connectivity index (χ3n) is 2.56. The highest BCUT2D eigenvalue weighted by atomic mass is 16.5. The molecule has 0 aliphatic rings. The first kappa shape index (κ1) is 13.8. The number of para-hydroxylation sites is 1. The smallest absolute Gasteiger partial charge is 0.162 e.